The van der Waals surface area contributed by atoms with Crippen molar-refractivity contribution in [3.8, 4) is 0 Å². The van der Waals surface area contributed by atoms with Crippen LogP contribution in [-0.4, -0.2) is 10.9 Å². The molecule has 1 heteroatoms. The van der Waals surface area contributed by atoms with Gasteiger partial charge in [-0.15, -0.1) is 0 Å². The monoisotopic (exact) mass is 283 g/mol. The van der Waals surface area contributed by atoms with Crippen LogP contribution in [0.5, 0.6) is 0 Å². The van der Waals surface area contributed by atoms with E-state index in [-0.39, 0.29) is 0 Å². The van der Waals surface area contributed by atoms with E-state index in [1.807, 2.05) is 31.2 Å². The Hall–Kier alpha value is -2.02. The van der Waals surface area contributed by atoms with E-state index in [4.69, 9.17) is 0 Å². The Morgan fingerprint density at radius 1 is 0.762 bits per heavy atom. The summed E-state index contributed by atoms with van der Waals surface area (Å²) in [6, 6.07) is 0.307. The fourth-order valence-corrected chi connectivity index (χ4v) is 1.78. The third-order valence-electron chi connectivity index (χ3n) is 2.92. The molecule has 0 spiro atoms. The molecule has 0 aliphatic carbocycles. The molecule has 0 rings (SSSR count). The van der Waals surface area contributed by atoms with E-state index >= 15 is 0 Å². The summed E-state index contributed by atoms with van der Waals surface area (Å²) in [7, 11) is 0. The van der Waals surface area contributed by atoms with E-state index in [0.29, 0.717) is 6.04 Å². The topological polar surface area (TPSA) is 3.24 Å². The fraction of sp³-hybridized carbons (Fsp3) is 0.300. The maximum Gasteiger partial charge on any atom is 0.0407 e. The average molecular weight is 283 g/mol. The summed E-state index contributed by atoms with van der Waals surface area (Å²) in [5, 5.41) is 0. The molecule has 0 heterocycles. The summed E-state index contributed by atoms with van der Waals surface area (Å²) in [5.74, 6) is 0. The van der Waals surface area contributed by atoms with E-state index < -0.39 is 0 Å². The van der Waals surface area contributed by atoms with Gasteiger partial charge in [-0.1, -0.05) is 49.1 Å². The van der Waals surface area contributed by atoms with E-state index in [2.05, 4.69) is 70.6 Å². The number of rotatable bonds is 8. The fourth-order valence-electron chi connectivity index (χ4n) is 1.78. The van der Waals surface area contributed by atoms with Crippen molar-refractivity contribution in [2.75, 3.05) is 0 Å². The zero-order valence-electron chi connectivity index (χ0n) is 14.2. The van der Waals surface area contributed by atoms with Gasteiger partial charge in [0, 0.05) is 17.4 Å². The largest absolute Gasteiger partial charge is 0.339 e. The van der Waals surface area contributed by atoms with Crippen LogP contribution in [-0.2, 0) is 0 Å². The zero-order valence-corrected chi connectivity index (χ0v) is 14.2. The molecule has 0 aliphatic heterocycles. The Bertz CT molecular complexity index is 492. The number of allylic oxidation sites excluding steroid dienone is 9. The first-order valence-corrected chi connectivity index (χ1v) is 7.27. The van der Waals surface area contributed by atoms with Crippen LogP contribution in [0.1, 0.15) is 34.6 Å². The first kappa shape index (κ1) is 19.0. The maximum absolute atomic E-state index is 3.94. The van der Waals surface area contributed by atoms with E-state index in [1.165, 1.54) is 5.57 Å². The molecule has 0 N–H and O–H groups in total. The van der Waals surface area contributed by atoms with Gasteiger partial charge in [0.1, 0.15) is 0 Å². The van der Waals surface area contributed by atoms with Gasteiger partial charge in [0.15, 0.2) is 0 Å². The first-order chi connectivity index (χ1) is 9.87. The van der Waals surface area contributed by atoms with Crippen LogP contribution >= 0.6 is 0 Å². The second-order valence-corrected chi connectivity index (χ2v) is 5.41. The minimum absolute atomic E-state index is 0.307. The van der Waals surface area contributed by atoms with Gasteiger partial charge >= 0.3 is 0 Å². The molecule has 0 aliphatic rings. The number of hydrogen-bond acceptors (Lipinski definition) is 1. The number of hydrogen-bond donors (Lipinski definition) is 0. The summed E-state index contributed by atoms with van der Waals surface area (Å²) in [6.07, 6.45) is 13.9. The highest BCUT2D eigenvalue weighted by molar-refractivity contribution is 5.34. The Kier molecular flexibility index (Phi) is 8.87. The van der Waals surface area contributed by atoms with Crippen molar-refractivity contribution in [3.63, 3.8) is 0 Å². The van der Waals surface area contributed by atoms with E-state index in [0.717, 1.165) is 17.0 Å². The number of nitrogens with zero attached hydrogens (tertiary/aromatic N) is 1. The highest BCUT2D eigenvalue weighted by Crippen LogP contribution is 2.20. The summed E-state index contributed by atoms with van der Waals surface area (Å²) < 4.78 is 0. The Labute approximate surface area is 131 Å². The molecular weight excluding hydrogens is 254 g/mol. The molecule has 114 valence electrons. The normalized spacial score (nSPS) is 13.0. The Balaban J connectivity index is 5.79. The van der Waals surface area contributed by atoms with E-state index in [9.17, 15) is 0 Å². The first-order valence-electron chi connectivity index (χ1n) is 7.27. The van der Waals surface area contributed by atoms with E-state index in [1.54, 1.807) is 0 Å². The molecule has 0 aromatic rings. The lowest BCUT2D eigenvalue weighted by atomic mass is 10.1. The summed E-state index contributed by atoms with van der Waals surface area (Å²) in [5.41, 5.74) is 4.47. The van der Waals surface area contributed by atoms with Gasteiger partial charge in [-0.3, -0.25) is 0 Å². The van der Waals surface area contributed by atoms with Crippen molar-refractivity contribution in [2.45, 2.75) is 40.7 Å². The summed E-state index contributed by atoms with van der Waals surface area (Å²) in [4.78, 5) is 2.21. The van der Waals surface area contributed by atoms with Crippen molar-refractivity contribution in [3.05, 3.63) is 84.8 Å². The van der Waals surface area contributed by atoms with Crippen LogP contribution in [0, 0.1) is 0 Å². The quantitative estimate of drug-likeness (QED) is 0.499. The standard InChI is InChI=1S/C20H29N/c1-9-18(8)13-15-20(11-3)21(17(6)7)19(10-2)14-12-16(4)5/h9-15,17H,1-3H2,4-8H3/b18-13-,19-14+,20-15+. The van der Waals surface area contributed by atoms with Gasteiger partial charge in [-0.05, 0) is 58.9 Å². The second-order valence-electron chi connectivity index (χ2n) is 5.41. The molecule has 21 heavy (non-hydrogen) atoms. The van der Waals surface area contributed by atoms with Crippen LogP contribution in [0.25, 0.3) is 0 Å². The Morgan fingerprint density at radius 2 is 1.24 bits per heavy atom. The molecule has 0 aromatic carbocycles. The van der Waals surface area contributed by atoms with Crippen LogP contribution in [0.4, 0.5) is 0 Å². The average Bonchev–Trinajstić information content (AvgIpc) is 2.44. The lowest BCUT2D eigenvalue weighted by Crippen LogP contribution is -2.28. The SMILES string of the molecule is C=C/C(C)=C\C=C(/C=C)N(/C(C=C)=C/C=C(C)C)C(C)C. The van der Waals surface area contributed by atoms with Crippen molar-refractivity contribution >= 4 is 0 Å². The summed E-state index contributed by atoms with van der Waals surface area (Å²) in [6.45, 7) is 22.1. The molecule has 0 unspecified atom stereocenters. The lowest BCUT2D eigenvalue weighted by molar-refractivity contribution is 0.374. The van der Waals surface area contributed by atoms with Crippen LogP contribution < -0.4 is 0 Å². The van der Waals surface area contributed by atoms with Crippen LogP contribution in [0.15, 0.2) is 84.8 Å². The molecule has 0 bridgehead atoms. The lowest BCUT2D eigenvalue weighted by Gasteiger charge is -2.30. The highest BCUT2D eigenvalue weighted by atomic mass is 15.2. The van der Waals surface area contributed by atoms with Crippen molar-refractivity contribution in [1.82, 2.24) is 4.90 Å². The molecule has 0 saturated heterocycles. The third-order valence-corrected chi connectivity index (χ3v) is 2.92. The van der Waals surface area contributed by atoms with Gasteiger partial charge in [-0.2, -0.15) is 0 Å². The van der Waals surface area contributed by atoms with Crippen LogP contribution in [0.3, 0.4) is 0 Å². The summed E-state index contributed by atoms with van der Waals surface area (Å²) >= 11 is 0. The molecule has 0 radical (unpaired) electrons. The van der Waals surface area contributed by atoms with Gasteiger partial charge in [0.05, 0.1) is 0 Å². The van der Waals surface area contributed by atoms with Crippen LogP contribution in [0.2, 0.25) is 0 Å². The highest BCUT2D eigenvalue weighted by Gasteiger charge is 2.13. The molecule has 0 atom stereocenters. The zero-order chi connectivity index (χ0) is 16.4. The van der Waals surface area contributed by atoms with Gasteiger partial charge in [-0.25, -0.2) is 0 Å². The Morgan fingerprint density at radius 3 is 1.57 bits per heavy atom. The van der Waals surface area contributed by atoms with Gasteiger partial charge in [0.25, 0.3) is 0 Å². The van der Waals surface area contributed by atoms with Crippen molar-refractivity contribution in [2.24, 2.45) is 0 Å². The maximum atomic E-state index is 3.94. The predicted molar refractivity (Wildman–Crippen MR) is 96.9 cm³/mol. The van der Waals surface area contributed by atoms with Gasteiger partial charge in [0.2, 0.25) is 0 Å². The molecule has 0 amide bonds. The van der Waals surface area contributed by atoms with Crippen molar-refractivity contribution in [1.29, 1.82) is 0 Å². The smallest absolute Gasteiger partial charge is 0.0407 e. The second kappa shape index (κ2) is 9.82. The third kappa shape index (κ3) is 6.80. The predicted octanol–water partition coefficient (Wildman–Crippen LogP) is 5.94. The molecular formula is C20H29N. The minimum atomic E-state index is 0.307. The molecule has 1 nitrogen and oxygen atoms in total. The van der Waals surface area contributed by atoms with Crippen molar-refractivity contribution < 1.29 is 0 Å². The molecule has 0 saturated carbocycles. The minimum Gasteiger partial charge on any atom is -0.339 e. The van der Waals surface area contributed by atoms with Gasteiger partial charge < -0.3 is 4.90 Å². The molecule has 0 fully saturated rings. The molecule has 0 aromatic heterocycles.